The molecular formula is C15H21N3O3S. The normalized spacial score (nSPS) is 30.2. The number of amides is 1. The van der Waals surface area contributed by atoms with E-state index in [1.807, 2.05) is 24.4 Å². The van der Waals surface area contributed by atoms with Gasteiger partial charge < -0.3 is 15.3 Å². The Morgan fingerprint density at radius 3 is 3.00 bits per heavy atom. The third-order valence-corrected chi connectivity index (χ3v) is 5.50. The first kappa shape index (κ1) is 15.5. The Kier molecular flexibility index (Phi) is 4.20. The Balaban J connectivity index is 1.85. The van der Waals surface area contributed by atoms with Gasteiger partial charge >= 0.3 is 5.97 Å². The molecule has 1 aromatic rings. The maximum absolute atomic E-state index is 13.1. The van der Waals surface area contributed by atoms with Gasteiger partial charge in [0.05, 0.1) is 6.54 Å². The van der Waals surface area contributed by atoms with Crippen LogP contribution in [0.1, 0.15) is 24.6 Å². The summed E-state index contributed by atoms with van der Waals surface area (Å²) in [6, 6.07) is 3.27. The maximum Gasteiger partial charge on any atom is 0.323 e. The molecule has 3 N–H and O–H groups in total. The first-order chi connectivity index (χ1) is 10.6. The van der Waals surface area contributed by atoms with Crippen molar-refractivity contribution in [3.63, 3.8) is 0 Å². The molecule has 3 atom stereocenters. The molecule has 2 fully saturated rings. The summed E-state index contributed by atoms with van der Waals surface area (Å²) in [5, 5.41) is 17.8. The van der Waals surface area contributed by atoms with Gasteiger partial charge in [-0.15, -0.1) is 11.3 Å². The number of likely N-dealkylation sites (N-methyl/N-ethyl adjacent to an activating group) is 1. The molecule has 2 aliphatic rings. The molecule has 7 heteroatoms. The van der Waals surface area contributed by atoms with Crippen molar-refractivity contribution in [1.82, 2.24) is 15.5 Å². The van der Waals surface area contributed by atoms with E-state index in [1.54, 1.807) is 16.2 Å². The molecule has 6 nitrogen and oxygen atoms in total. The first-order valence-corrected chi connectivity index (χ1v) is 8.50. The zero-order valence-electron chi connectivity index (χ0n) is 12.5. The van der Waals surface area contributed by atoms with E-state index < -0.39 is 17.6 Å². The molecule has 2 aliphatic heterocycles. The van der Waals surface area contributed by atoms with E-state index in [2.05, 4.69) is 10.6 Å². The number of nitrogens with one attached hydrogen (secondary N) is 2. The second-order valence-electron chi connectivity index (χ2n) is 5.93. The molecule has 0 aliphatic carbocycles. The maximum atomic E-state index is 13.1. The molecular weight excluding hydrogens is 302 g/mol. The van der Waals surface area contributed by atoms with Crippen LogP contribution in [0.25, 0.3) is 0 Å². The SMILES string of the molecule is CCN(Cc1cccs1)C(=O)C12CCC(CNC1C(=O)O)N2. The fourth-order valence-electron chi connectivity index (χ4n) is 3.52. The van der Waals surface area contributed by atoms with Crippen LogP contribution in [0.15, 0.2) is 17.5 Å². The minimum Gasteiger partial charge on any atom is -0.480 e. The number of carboxylic acids is 1. The van der Waals surface area contributed by atoms with Crippen molar-refractivity contribution in [2.45, 2.75) is 43.9 Å². The Morgan fingerprint density at radius 1 is 1.55 bits per heavy atom. The van der Waals surface area contributed by atoms with Crippen molar-refractivity contribution in [3.8, 4) is 0 Å². The van der Waals surface area contributed by atoms with Crippen molar-refractivity contribution in [2.75, 3.05) is 13.1 Å². The number of carboxylic acid groups (broad SMARTS) is 1. The number of carbonyl (C=O) groups excluding carboxylic acids is 1. The average Bonchev–Trinajstić information content (AvgIpc) is 3.13. The van der Waals surface area contributed by atoms with Crippen LogP contribution in [0.4, 0.5) is 0 Å². The quantitative estimate of drug-likeness (QED) is 0.741. The molecule has 3 rings (SSSR count). The molecule has 1 aromatic heterocycles. The van der Waals surface area contributed by atoms with Crippen molar-refractivity contribution < 1.29 is 14.7 Å². The van der Waals surface area contributed by atoms with Crippen LogP contribution in [0, 0.1) is 0 Å². The number of carbonyl (C=O) groups is 2. The standard InChI is InChI=1S/C15H21N3O3S/c1-2-18(9-11-4-3-7-22-11)14(21)15-6-5-10(17-15)8-16-12(15)13(19)20/h3-4,7,10,12,16-17H,2,5-6,8-9H2,1H3,(H,19,20). The van der Waals surface area contributed by atoms with Gasteiger partial charge in [0, 0.05) is 24.0 Å². The van der Waals surface area contributed by atoms with Crippen LogP contribution in [0.2, 0.25) is 0 Å². The number of hydrogen-bond acceptors (Lipinski definition) is 5. The second kappa shape index (κ2) is 5.98. The number of hydrogen-bond donors (Lipinski definition) is 3. The minimum absolute atomic E-state index is 0.106. The van der Waals surface area contributed by atoms with Crippen LogP contribution in [-0.2, 0) is 16.1 Å². The average molecular weight is 323 g/mol. The third-order valence-electron chi connectivity index (χ3n) is 4.63. The lowest BCUT2D eigenvalue weighted by atomic mass is 9.86. The molecule has 0 radical (unpaired) electrons. The van der Waals surface area contributed by atoms with Crippen LogP contribution in [0.3, 0.4) is 0 Å². The molecule has 3 heterocycles. The first-order valence-electron chi connectivity index (χ1n) is 7.62. The van der Waals surface area contributed by atoms with E-state index in [-0.39, 0.29) is 11.9 Å². The van der Waals surface area contributed by atoms with Gasteiger partial charge in [0.25, 0.3) is 0 Å². The molecule has 2 bridgehead atoms. The molecule has 120 valence electrons. The van der Waals surface area contributed by atoms with Gasteiger partial charge in [0.15, 0.2) is 0 Å². The van der Waals surface area contributed by atoms with Crippen molar-refractivity contribution in [1.29, 1.82) is 0 Å². The molecule has 3 unspecified atom stereocenters. The molecule has 0 spiro atoms. The summed E-state index contributed by atoms with van der Waals surface area (Å²) in [5.41, 5.74) is -1.01. The van der Waals surface area contributed by atoms with Gasteiger partial charge in [0.1, 0.15) is 11.6 Å². The number of nitrogens with zero attached hydrogens (tertiary/aromatic N) is 1. The largest absolute Gasteiger partial charge is 0.480 e. The highest BCUT2D eigenvalue weighted by molar-refractivity contribution is 7.09. The van der Waals surface area contributed by atoms with Crippen LogP contribution in [0.5, 0.6) is 0 Å². The van der Waals surface area contributed by atoms with Crippen molar-refractivity contribution >= 4 is 23.2 Å². The summed E-state index contributed by atoms with van der Waals surface area (Å²) in [7, 11) is 0. The summed E-state index contributed by atoms with van der Waals surface area (Å²) in [6.45, 7) is 3.63. The van der Waals surface area contributed by atoms with Crippen LogP contribution >= 0.6 is 11.3 Å². The second-order valence-corrected chi connectivity index (χ2v) is 6.96. The Hall–Kier alpha value is -1.44. The van der Waals surface area contributed by atoms with Gasteiger partial charge in [-0.2, -0.15) is 0 Å². The topological polar surface area (TPSA) is 81.7 Å². The zero-order valence-corrected chi connectivity index (χ0v) is 13.4. The highest BCUT2D eigenvalue weighted by atomic mass is 32.1. The molecule has 1 amide bonds. The fraction of sp³-hybridized carbons (Fsp3) is 0.600. The number of aliphatic carboxylic acids is 1. The number of fused-ring (bicyclic) bond motifs is 2. The fourth-order valence-corrected chi connectivity index (χ4v) is 4.24. The Bertz CT molecular complexity index is 562. The van der Waals surface area contributed by atoms with E-state index in [1.165, 1.54) is 0 Å². The summed E-state index contributed by atoms with van der Waals surface area (Å²) in [5.74, 6) is -1.07. The Labute approximate surface area is 133 Å². The predicted molar refractivity (Wildman–Crippen MR) is 83.7 cm³/mol. The molecule has 0 saturated carbocycles. The van der Waals surface area contributed by atoms with Crippen LogP contribution in [-0.4, -0.2) is 52.6 Å². The smallest absolute Gasteiger partial charge is 0.323 e. The highest BCUT2D eigenvalue weighted by Crippen LogP contribution is 2.33. The third kappa shape index (κ3) is 2.53. The van der Waals surface area contributed by atoms with Gasteiger partial charge in [0.2, 0.25) is 5.91 Å². The summed E-state index contributed by atoms with van der Waals surface area (Å²) in [6.07, 6.45) is 1.40. The number of piperazine rings is 1. The van der Waals surface area contributed by atoms with Crippen molar-refractivity contribution in [2.24, 2.45) is 0 Å². The zero-order chi connectivity index (χ0) is 15.7. The molecule has 2 saturated heterocycles. The number of thiophene rings is 1. The lowest BCUT2D eigenvalue weighted by Gasteiger charge is -2.41. The summed E-state index contributed by atoms with van der Waals surface area (Å²) >= 11 is 1.61. The van der Waals surface area contributed by atoms with E-state index >= 15 is 0 Å². The van der Waals surface area contributed by atoms with E-state index in [0.29, 0.717) is 26.1 Å². The van der Waals surface area contributed by atoms with E-state index in [9.17, 15) is 14.7 Å². The summed E-state index contributed by atoms with van der Waals surface area (Å²) < 4.78 is 0. The lowest BCUT2D eigenvalue weighted by molar-refractivity contribution is -0.151. The minimum atomic E-state index is -1.01. The van der Waals surface area contributed by atoms with E-state index in [4.69, 9.17) is 0 Å². The molecule has 0 aromatic carbocycles. The summed E-state index contributed by atoms with van der Waals surface area (Å²) in [4.78, 5) is 27.6. The monoisotopic (exact) mass is 323 g/mol. The highest BCUT2D eigenvalue weighted by Gasteiger charge is 2.57. The Morgan fingerprint density at radius 2 is 2.36 bits per heavy atom. The number of rotatable bonds is 5. The van der Waals surface area contributed by atoms with Gasteiger partial charge in [-0.25, -0.2) is 0 Å². The molecule has 22 heavy (non-hydrogen) atoms. The van der Waals surface area contributed by atoms with Crippen LogP contribution < -0.4 is 10.6 Å². The van der Waals surface area contributed by atoms with Gasteiger partial charge in [-0.1, -0.05) is 6.07 Å². The van der Waals surface area contributed by atoms with Crippen molar-refractivity contribution in [3.05, 3.63) is 22.4 Å². The lowest BCUT2D eigenvalue weighted by Crippen LogP contribution is -2.72. The van der Waals surface area contributed by atoms with E-state index in [0.717, 1.165) is 11.3 Å². The van der Waals surface area contributed by atoms with Gasteiger partial charge in [-0.05, 0) is 31.2 Å². The predicted octanol–water partition coefficient (Wildman–Crippen LogP) is 0.644. The van der Waals surface area contributed by atoms with Gasteiger partial charge in [-0.3, -0.25) is 14.9 Å².